The van der Waals surface area contributed by atoms with Gasteiger partial charge in [-0.2, -0.15) is 11.8 Å². The SMILES string of the molecule is CC(NC(N)=O)C(=O)NCCSCCCO. The monoisotopic (exact) mass is 249 g/mol. The van der Waals surface area contributed by atoms with Gasteiger partial charge >= 0.3 is 6.03 Å². The summed E-state index contributed by atoms with van der Waals surface area (Å²) >= 11 is 1.66. The van der Waals surface area contributed by atoms with Crippen molar-refractivity contribution in [1.82, 2.24) is 10.6 Å². The minimum Gasteiger partial charge on any atom is -0.396 e. The zero-order valence-corrected chi connectivity index (χ0v) is 10.2. The van der Waals surface area contributed by atoms with Crippen LogP contribution in [-0.4, -0.2) is 47.7 Å². The Balaban J connectivity index is 3.46. The molecule has 94 valence electrons. The molecule has 0 aliphatic carbocycles. The van der Waals surface area contributed by atoms with Gasteiger partial charge in [-0.1, -0.05) is 0 Å². The summed E-state index contributed by atoms with van der Waals surface area (Å²) in [6, 6.07) is -1.32. The van der Waals surface area contributed by atoms with E-state index in [9.17, 15) is 9.59 Å². The molecule has 6 nitrogen and oxygen atoms in total. The number of urea groups is 1. The third kappa shape index (κ3) is 8.37. The van der Waals surface area contributed by atoms with Gasteiger partial charge in [0.15, 0.2) is 0 Å². The number of aliphatic hydroxyl groups is 1. The van der Waals surface area contributed by atoms with Crippen LogP contribution in [0.3, 0.4) is 0 Å². The van der Waals surface area contributed by atoms with Gasteiger partial charge in [0.25, 0.3) is 0 Å². The Morgan fingerprint density at radius 2 is 2.12 bits per heavy atom. The number of hydrogen-bond acceptors (Lipinski definition) is 4. The quantitative estimate of drug-likeness (QED) is 0.426. The van der Waals surface area contributed by atoms with E-state index in [0.717, 1.165) is 17.9 Å². The summed E-state index contributed by atoms with van der Waals surface area (Å²) in [7, 11) is 0. The van der Waals surface area contributed by atoms with Gasteiger partial charge in [0, 0.05) is 18.9 Å². The second-order valence-electron chi connectivity index (χ2n) is 3.21. The van der Waals surface area contributed by atoms with Crippen LogP contribution in [0.4, 0.5) is 4.79 Å². The van der Waals surface area contributed by atoms with Gasteiger partial charge < -0.3 is 21.5 Å². The molecule has 7 heteroatoms. The predicted octanol–water partition coefficient (Wildman–Crippen LogP) is -0.725. The van der Waals surface area contributed by atoms with E-state index in [1.165, 1.54) is 0 Å². The fourth-order valence-electron chi connectivity index (χ4n) is 0.947. The lowest BCUT2D eigenvalue weighted by Crippen LogP contribution is -2.47. The molecule has 3 amide bonds. The first-order chi connectivity index (χ1) is 7.57. The van der Waals surface area contributed by atoms with Crippen molar-refractivity contribution in [3.05, 3.63) is 0 Å². The Hall–Kier alpha value is -0.950. The maximum Gasteiger partial charge on any atom is 0.312 e. The number of hydrogen-bond donors (Lipinski definition) is 4. The molecule has 0 aliphatic heterocycles. The van der Waals surface area contributed by atoms with Crippen LogP contribution >= 0.6 is 11.8 Å². The highest BCUT2D eigenvalue weighted by molar-refractivity contribution is 7.99. The minimum absolute atomic E-state index is 0.193. The van der Waals surface area contributed by atoms with E-state index in [2.05, 4.69) is 10.6 Å². The van der Waals surface area contributed by atoms with E-state index in [1.807, 2.05) is 0 Å². The average molecular weight is 249 g/mol. The van der Waals surface area contributed by atoms with E-state index in [0.29, 0.717) is 6.54 Å². The molecular formula is C9H19N3O3S. The number of thioether (sulfide) groups is 1. The van der Waals surface area contributed by atoms with Gasteiger partial charge in [0.1, 0.15) is 6.04 Å². The third-order valence-electron chi connectivity index (χ3n) is 1.74. The molecule has 0 aromatic carbocycles. The van der Waals surface area contributed by atoms with Crippen molar-refractivity contribution in [2.45, 2.75) is 19.4 Å². The first-order valence-electron chi connectivity index (χ1n) is 5.10. The van der Waals surface area contributed by atoms with Crippen LogP contribution in [0.5, 0.6) is 0 Å². The summed E-state index contributed by atoms with van der Waals surface area (Å²) in [6.07, 6.45) is 0.762. The standard InChI is InChI=1S/C9H19N3O3S/c1-7(12-9(10)15)8(14)11-3-6-16-5-2-4-13/h7,13H,2-6H2,1H3,(H,11,14)(H3,10,12,15). The number of nitrogens with one attached hydrogen (secondary N) is 2. The maximum atomic E-state index is 11.3. The summed E-state index contributed by atoms with van der Waals surface area (Å²) in [5, 5.41) is 13.5. The Labute approximate surface area is 99.3 Å². The zero-order valence-electron chi connectivity index (χ0n) is 9.36. The summed E-state index contributed by atoms with van der Waals surface area (Å²) in [6.45, 7) is 2.30. The predicted molar refractivity (Wildman–Crippen MR) is 64.2 cm³/mol. The third-order valence-corrected chi connectivity index (χ3v) is 2.81. The fourth-order valence-corrected chi connectivity index (χ4v) is 1.73. The minimum atomic E-state index is -0.708. The number of primary amides is 1. The number of carbonyl (C=O) groups is 2. The highest BCUT2D eigenvalue weighted by Gasteiger charge is 2.12. The topological polar surface area (TPSA) is 104 Å². The van der Waals surface area contributed by atoms with Crippen LogP contribution in [0.15, 0.2) is 0 Å². The number of amides is 3. The molecule has 0 fully saturated rings. The first-order valence-corrected chi connectivity index (χ1v) is 6.25. The van der Waals surface area contributed by atoms with Crippen molar-refractivity contribution in [1.29, 1.82) is 0 Å². The zero-order chi connectivity index (χ0) is 12.4. The highest BCUT2D eigenvalue weighted by atomic mass is 32.2. The lowest BCUT2D eigenvalue weighted by Gasteiger charge is -2.12. The van der Waals surface area contributed by atoms with E-state index in [4.69, 9.17) is 10.8 Å². The lowest BCUT2D eigenvalue weighted by atomic mass is 10.3. The fraction of sp³-hybridized carbons (Fsp3) is 0.778. The van der Waals surface area contributed by atoms with Crippen molar-refractivity contribution in [2.24, 2.45) is 5.73 Å². The number of nitrogens with two attached hydrogens (primary N) is 1. The molecule has 0 aliphatic rings. The van der Waals surface area contributed by atoms with E-state index >= 15 is 0 Å². The molecule has 0 radical (unpaired) electrons. The molecule has 1 atom stereocenters. The van der Waals surface area contributed by atoms with Crippen LogP contribution in [0.1, 0.15) is 13.3 Å². The maximum absolute atomic E-state index is 11.3. The largest absolute Gasteiger partial charge is 0.396 e. The summed E-state index contributed by atoms with van der Waals surface area (Å²) in [4.78, 5) is 21.8. The second kappa shape index (κ2) is 9.29. The van der Waals surface area contributed by atoms with Crippen molar-refractivity contribution in [3.63, 3.8) is 0 Å². The Kier molecular flexibility index (Phi) is 8.74. The van der Waals surface area contributed by atoms with Gasteiger partial charge in [-0.25, -0.2) is 4.79 Å². The lowest BCUT2D eigenvalue weighted by molar-refractivity contribution is -0.122. The van der Waals surface area contributed by atoms with Crippen molar-refractivity contribution >= 4 is 23.7 Å². The van der Waals surface area contributed by atoms with Crippen LogP contribution in [0.2, 0.25) is 0 Å². The molecule has 0 bridgehead atoms. The van der Waals surface area contributed by atoms with Gasteiger partial charge in [0.05, 0.1) is 0 Å². The number of carbonyl (C=O) groups excluding carboxylic acids is 2. The normalized spacial score (nSPS) is 11.9. The summed E-state index contributed by atoms with van der Waals surface area (Å²) < 4.78 is 0. The van der Waals surface area contributed by atoms with Crippen LogP contribution < -0.4 is 16.4 Å². The smallest absolute Gasteiger partial charge is 0.312 e. The highest BCUT2D eigenvalue weighted by Crippen LogP contribution is 1.99. The summed E-state index contributed by atoms with van der Waals surface area (Å²) in [5.41, 5.74) is 4.88. The van der Waals surface area contributed by atoms with Crippen molar-refractivity contribution in [3.8, 4) is 0 Å². The van der Waals surface area contributed by atoms with E-state index < -0.39 is 12.1 Å². The molecular weight excluding hydrogens is 230 g/mol. The Bertz CT molecular complexity index is 226. The number of rotatable bonds is 8. The first kappa shape index (κ1) is 15.0. The van der Waals surface area contributed by atoms with Gasteiger partial charge in [-0.3, -0.25) is 4.79 Å². The molecule has 0 aromatic heterocycles. The molecule has 0 spiro atoms. The van der Waals surface area contributed by atoms with Gasteiger partial charge in [-0.05, 0) is 19.1 Å². The molecule has 0 saturated heterocycles. The molecule has 16 heavy (non-hydrogen) atoms. The molecule has 0 heterocycles. The van der Waals surface area contributed by atoms with Crippen LogP contribution in [-0.2, 0) is 4.79 Å². The molecule has 1 unspecified atom stereocenters. The van der Waals surface area contributed by atoms with Crippen LogP contribution in [0.25, 0.3) is 0 Å². The molecule has 0 aromatic rings. The van der Waals surface area contributed by atoms with E-state index in [-0.39, 0.29) is 12.5 Å². The number of aliphatic hydroxyl groups excluding tert-OH is 1. The average Bonchev–Trinajstić information content (AvgIpc) is 2.21. The van der Waals surface area contributed by atoms with Gasteiger partial charge in [-0.15, -0.1) is 0 Å². The van der Waals surface area contributed by atoms with Crippen molar-refractivity contribution < 1.29 is 14.7 Å². The van der Waals surface area contributed by atoms with Crippen molar-refractivity contribution in [2.75, 3.05) is 24.7 Å². The molecule has 0 rings (SSSR count). The van der Waals surface area contributed by atoms with Gasteiger partial charge in [0.2, 0.25) is 5.91 Å². The second-order valence-corrected chi connectivity index (χ2v) is 4.44. The molecule has 0 saturated carbocycles. The Morgan fingerprint density at radius 3 is 2.69 bits per heavy atom. The Morgan fingerprint density at radius 1 is 1.44 bits per heavy atom. The van der Waals surface area contributed by atoms with E-state index in [1.54, 1.807) is 18.7 Å². The van der Waals surface area contributed by atoms with Crippen LogP contribution in [0, 0.1) is 0 Å². The summed E-state index contributed by atoms with van der Waals surface area (Å²) in [5.74, 6) is 1.41. The molecule has 5 N–H and O–H groups in total.